The summed E-state index contributed by atoms with van der Waals surface area (Å²) in [6.45, 7) is 1.01. The van der Waals surface area contributed by atoms with Crippen molar-refractivity contribution in [3.63, 3.8) is 0 Å². The van der Waals surface area contributed by atoms with Crippen LogP contribution in [0, 0.1) is 0 Å². The molecule has 1 fully saturated rings. The van der Waals surface area contributed by atoms with Crippen LogP contribution in [0.2, 0.25) is 0 Å². The third-order valence-corrected chi connectivity index (χ3v) is 6.23. The molecule has 0 saturated carbocycles. The van der Waals surface area contributed by atoms with Crippen LogP contribution in [0.4, 0.5) is 5.69 Å². The molecule has 8 heteroatoms. The third-order valence-electron chi connectivity index (χ3n) is 4.93. The highest BCUT2D eigenvalue weighted by atomic mass is 32.2. The highest BCUT2D eigenvalue weighted by Crippen LogP contribution is 2.40. The molecule has 2 heterocycles. The molecule has 0 bridgehead atoms. The first-order valence-electron chi connectivity index (χ1n) is 10.3. The van der Waals surface area contributed by atoms with Gasteiger partial charge >= 0.3 is 0 Å². The van der Waals surface area contributed by atoms with E-state index >= 15 is 0 Å². The average Bonchev–Trinajstić information content (AvgIpc) is 3.41. The maximum atomic E-state index is 13.1. The van der Waals surface area contributed by atoms with Crippen LogP contribution in [0.5, 0.6) is 23.0 Å². The minimum absolute atomic E-state index is 0.174. The van der Waals surface area contributed by atoms with Crippen molar-refractivity contribution in [1.82, 2.24) is 0 Å². The second kappa shape index (κ2) is 9.56. The quantitative estimate of drug-likeness (QED) is 0.261. The summed E-state index contributed by atoms with van der Waals surface area (Å²) >= 11 is 6.74. The predicted molar refractivity (Wildman–Crippen MR) is 132 cm³/mol. The molecule has 1 saturated heterocycles. The second-order valence-electron chi connectivity index (χ2n) is 7.14. The largest absolute Gasteiger partial charge is 0.490 e. The molecular formula is C25H19NO5S2. The molecule has 0 aromatic heterocycles. The zero-order chi connectivity index (χ0) is 22.6. The van der Waals surface area contributed by atoms with Crippen LogP contribution in [-0.4, -0.2) is 30.2 Å². The number of para-hydroxylation sites is 1. The van der Waals surface area contributed by atoms with Gasteiger partial charge in [-0.15, -0.1) is 0 Å². The Labute approximate surface area is 200 Å². The summed E-state index contributed by atoms with van der Waals surface area (Å²) in [4.78, 5) is 15.1. The molecule has 166 valence electrons. The Hall–Kier alpha value is -3.49. The summed E-state index contributed by atoms with van der Waals surface area (Å²) in [6.07, 6.45) is 1.82. The number of carbonyl (C=O) groups is 1. The number of nitrogens with zero attached hydrogens (tertiary/aromatic N) is 1. The van der Waals surface area contributed by atoms with Crippen molar-refractivity contribution in [1.29, 1.82) is 0 Å². The van der Waals surface area contributed by atoms with Gasteiger partial charge in [0.2, 0.25) is 6.79 Å². The SMILES string of the molecule is O=C1/C(=C\c2cccc(OCCOc3ccccc3)c2)SC(=S)N1c1ccc2c(c1)OCO2. The van der Waals surface area contributed by atoms with Crippen molar-refractivity contribution in [2.75, 3.05) is 24.9 Å². The number of thioether (sulfide) groups is 1. The van der Waals surface area contributed by atoms with Crippen molar-refractivity contribution >= 4 is 46.0 Å². The van der Waals surface area contributed by atoms with Crippen molar-refractivity contribution in [3.05, 3.63) is 83.3 Å². The summed E-state index contributed by atoms with van der Waals surface area (Å²) in [6, 6.07) is 22.5. The highest BCUT2D eigenvalue weighted by molar-refractivity contribution is 8.27. The number of benzene rings is 3. The van der Waals surface area contributed by atoms with Gasteiger partial charge in [-0.3, -0.25) is 9.69 Å². The van der Waals surface area contributed by atoms with Crippen LogP contribution >= 0.6 is 24.0 Å². The normalized spacial score (nSPS) is 15.9. The van der Waals surface area contributed by atoms with E-state index in [9.17, 15) is 4.79 Å². The van der Waals surface area contributed by atoms with Gasteiger partial charge in [0.05, 0.1) is 10.6 Å². The van der Waals surface area contributed by atoms with E-state index in [-0.39, 0.29) is 12.7 Å². The Morgan fingerprint density at radius 2 is 1.67 bits per heavy atom. The molecular weight excluding hydrogens is 458 g/mol. The lowest BCUT2D eigenvalue weighted by Gasteiger charge is -2.14. The Morgan fingerprint density at radius 1 is 0.909 bits per heavy atom. The number of fused-ring (bicyclic) bond motifs is 1. The van der Waals surface area contributed by atoms with E-state index in [0.29, 0.717) is 45.4 Å². The van der Waals surface area contributed by atoms with E-state index in [0.717, 1.165) is 11.3 Å². The van der Waals surface area contributed by atoms with Gasteiger partial charge < -0.3 is 18.9 Å². The fourth-order valence-electron chi connectivity index (χ4n) is 3.40. The molecule has 5 rings (SSSR count). The van der Waals surface area contributed by atoms with Gasteiger partial charge in [0.15, 0.2) is 15.8 Å². The minimum Gasteiger partial charge on any atom is -0.490 e. The Morgan fingerprint density at radius 3 is 2.52 bits per heavy atom. The molecule has 33 heavy (non-hydrogen) atoms. The number of hydrogen-bond acceptors (Lipinski definition) is 7. The Bertz CT molecular complexity index is 1230. The number of hydrogen-bond donors (Lipinski definition) is 0. The van der Waals surface area contributed by atoms with Gasteiger partial charge in [-0.1, -0.05) is 54.3 Å². The third kappa shape index (κ3) is 4.81. The second-order valence-corrected chi connectivity index (χ2v) is 8.81. The maximum Gasteiger partial charge on any atom is 0.270 e. The number of ether oxygens (including phenoxy) is 4. The first-order chi connectivity index (χ1) is 16.2. The number of anilines is 1. The molecule has 3 aromatic carbocycles. The van der Waals surface area contributed by atoms with Crippen LogP contribution in [0.25, 0.3) is 6.08 Å². The lowest BCUT2D eigenvalue weighted by Crippen LogP contribution is -2.27. The van der Waals surface area contributed by atoms with E-state index in [2.05, 4.69) is 0 Å². The van der Waals surface area contributed by atoms with Gasteiger partial charge in [0.25, 0.3) is 5.91 Å². The summed E-state index contributed by atoms with van der Waals surface area (Å²) in [7, 11) is 0. The summed E-state index contributed by atoms with van der Waals surface area (Å²) in [5.74, 6) is 2.59. The van der Waals surface area contributed by atoms with Crippen LogP contribution in [0.15, 0.2) is 77.7 Å². The molecule has 0 N–H and O–H groups in total. The number of thiocarbonyl (C=S) groups is 1. The molecule has 2 aliphatic rings. The molecule has 2 aliphatic heterocycles. The summed E-state index contributed by atoms with van der Waals surface area (Å²) in [5.41, 5.74) is 1.50. The van der Waals surface area contributed by atoms with E-state index in [1.54, 1.807) is 18.2 Å². The molecule has 6 nitrogen and oxygen atoms in total. The Balaban J connectivity index is 1.24. The van der Waals surface area contributed by atoms with Crippen LogP contribution < -0.4 is 23.8 Å². The fourth-order valence-corrected chi connectivity index (χ4v) is 4.69. The zero-order valence-electron chi connectivity index (χ0n) is 17.4. The Kier molecular flexibility index (Phi) is 6.19. The van der Waals surface area contributed by atoms with E-state index < -0.39 is 0 Å². The maximum absolute atomic E-state index is 13.1. The van der Waals surface area contributed by atoms with Crippen molar-refractivity contribution in [2.45, 2.75) is 0 Å². The van der Waals surface area contributed by atoms with E-state index in [1.165, 1.54) is 16.7 Å². The van der Waals surface area contributed by atoms with Crippen LogP contribution in [0.1, 0.15) is 5.56 Å². The topological polar surface area (TPSA) is 57.2 Å². The predicted octanol–water partition coefficient (Wildman–Crippen LogP) is 5.28. The summed E-state index contributed by atoms with van der Waals surface area (Å²) in [5, 5.41) is 0. The van der Waals surface area contributed by atoms with Gasteiger partial charge in [-0.05, 0) is 48.0 Å². The highest BCUT2D eigenvalue weighted by Gasteiger charge is 2.34. The van der Waals surface area contributed by atoms with E-state index in [1.807, 2.05) is 60.7 Å². The van der Waals surface area contributed by atoms with Gasteiger partial charge in [0.1, 0.15) is 24.7 Å². The lowest BCUT2D eigenvalue weighted by atomic mass is 10.2. The molecule has 0 unspecified atom stereocenters. The number of carbonyl (C=O) groups excluding carboxylic acids is 1. The summed E-state index contributed by atoms with van der Waals surface area (Å²) < 4.78 is 22.7. The number of amides is 1. The van der Waals surface area contributed by atoms with Crippen molar-refractivity contribution in [3.8, 4) is 23.0 Å². The van der Waals surface area contributed by atoms with Crippen LogP contribution in [0.3, 0.4) is 0 Å². The smallest absolute Gasteiger partial charge is 0.270 e. The first kappa shape index (κ1) is 21.4. The molecule has 1 amide bonds. The molecule has 0 radical (unpaired) electrons. The fraction of sp³-hybridized carbons (Fsp3) is 0.120. The monoisotopic (exact) mass is 477 g/mol. The lowest BCUT2D eigenvalue weighted by molar-refractivity contribution is -0.113. The zero-order valence-corrected chi connectivity index (χ0v) is 19.1. The standard InChI is InChI=1S/C25H19NO5S2/c27-24-23(33-25(32)26(24)18-9-10-21-22(15-18)31-16-30-21)14-17-5-4-8-20(13-17)29-12-11-28-19-6-2-1-3-7-19/h1-10,13-15H,11-12,16H2/b23-14+. The molecule has 0 spiro atoms. The van der Waals surface area contributed by atoms with Gasteiger partial charge in [-0.25, -0.2) is 0 Å². The minimum atomic E-state index is -0.175. The van der Waals surface area contributed by atoms with Gasteiger partial charge in [0, 0.05) is 6.07 Å². The number of rotatable bonds is 7. The van der Waals surface area contributed by atoms with Crippen molar-refractivity contribution in [2.24, 2.45) is 0 Å². The van der Waals surface area contributed by atoms with Crippen molar-refractivity contribution < 1.29 is 23.7 Å². The molecule has 0 aliphatic carbocycles. The van der Waals surface area contributed by atoms with E-state index in [4.69, 9.17) is 31.2 Å². The molecule has 3 aromatic rings. The van der Waals surface area contributed by atoms with Gasteiger partial charge in [-0.2, -0.15) is 0 Å². The average molecular weight is 478 g/mol. The molecule has 0 atom stereocenters. The first-order valence-corrected chi connectivity index (χ1v) is 11.5. The van der Waals surface area contributed by atoms with Crippen LogP contribution in [-0.2, 0) is 4.79 Å².